The molecule has 0 aliphatic rings. The highest BCUT2D eigenvalue weighted by atomic mass is 19.4. The Labute approximate surface area is 110 Å². The lowest BCUT2D eigenvalue weighted by atomic mass is 9.97. The fourth-order valence-corrected chi connectivity index (χ4v) is 1.07. The maximum Gasteiger partial charge on any atom is 0.429 e. The average molecular weight is 332 g/mol. The molecule has 21 heavy (non-hydrogen) atoms. The van der Waals surface area contributed by atoms with Gasteiger partial charge < -0.3 is 4.74 Å². The average Bonchev–Trinajstić information content (AvgIpc) is 2.20. The van der Waals surface area contributed by atoms with Gasteiger partial charge in [-0.25, -0.2) is 4.79 Å². The molecule has 0 aromatic rings. The molecule has 0 radical (unpaired) electrons. The maximum absolute atomic E-state index is 12.4. The quantitative estimate of drug-likeness (QED) is 0.638. The Hall–Kier alpha value is -1.87. The van der Waals surface area contributed by atoms with E-state index < -0.39 is 43.2 Å². The van der Waals surface area contributed by atoms with Crippen LogP contribution in [0.25, 0.3) is 0 Å². The lowest BCUT2D eigenvalue weighted by Gasteiger charge is -2.38. The second-order valence-corrected chi connectivity index (χ2v) is 3.41. The third kappa shape index (κ3) is 3.82. The number of carbonyl (C=O) groups excluding carboxylic acids is 1. The number of amides is 1. The van der Waals surface area contributed by atoms with Gasteiger partial charge in [0.15, 0.2) is 0 Å². The number of alkyl halides is 9. The number of alkyl carbamates (subject to hydrolysis) is 1. The Morgan fingerprint density at radius 2 is 1.33 bits per heavy atom. The number of nitrogens with one attached hydrogen (secondary N) is 1. The van der Waals surface area contributed by atoms with Crippen LogP contribution in [-0.2, 0) is 4.74 Å². The summed E-state index contributed by atoms with van der Waals surface area (Å²) < 4.78 is 115. The first kappa shape index (κ1) is 19.1. The number of ether oxygens (including phenoxy) is 1. The van der Waals surface area contributed by atoms with E-state index in [2.05, 4.69) is 4.74 Å². The summed E-state index contributed by atoms with van der Waals surface area (Å²) >= 11 is 0. The Morgan fingerprint density at radius 1 is 0.952 bits per heavy atom. The van der Waals surface area contributed by atoms with E-state index in [0.717, 1.165) is 0 Å². The number of rotatable bonds is 3. The Morgan fingerprint density at radius 3 is 1.62 bits per heavy atom. The lowest BCUT2D eigenvalue weighted by molar-refractivity contribution is -0.387. The molecular formula is C8H5F9N2O2. The summed E-state index contributed by atoms with van der Waals surface area (Å²) in [7, 11) is 0. The van der Waals surface area contributed by atoms with Gasteiger partial charge in [0.25, 0.3) is 0 Å². The minimum Gasteiger partial charge on any atom is -0.448 e. The fraction of sp³-hybridized carbons (Fsp3) is 0.750. The van der Waals surface area contributed by atoms with Crippen molar-refractivity contribution in [1.82, 2.24) is 5.32 Å². The van der Waals surface area contributed by atoms with Crippen molar-refractivity contribution >= 4 is 6.09 Å². The van der Waals surface area contributed by atoms with Crippen molar-refractivity contribution < 1.29 is 49.0 Å². The van der Waals surface area contributed by atoms with Crippen LogP contribution in [0.3, 0.4) is 0 Å². The summed E-state index contributed by atoms with van der Waals surface area (Å²) in [5, 5.41) is 7.76. The molecule has 0 heterocycles. The normalized spacial score (nSPS) is 13.5. The first-order valence-corrected chi connectivity index (χ1v) is 4.72. The molecule has 0 aromatic carbocycles. The van der Waals surface area contributed by atoms with Crippen LogP contribution in [0.15, 0.2) is 0 Å². The molecule has 0 aliphatic heterocycles. The highest BCUT2D eigenvalue weighted by Crippen LogP contribution is 2.52. The van der Waals surface area contributed by atoms with Crippen molar-refractivity contribution in [2.75, 3.05) is 6.61 Å². The molecule has 0 aliphatic carbocycles. The molecule has 122 valence electrons. The van der Waals surface area contributed by atoms with Gasteiger partial charge in [-0.3, -0.25) is 5.32 Å². The fourth-order valence-electron chi connectivity index (χ4n) is 1.07. The Balaban J connectivity index is 5.64. The van der Waals surface area contributed by atoms with Crippen molar-refractivity contribution in [3.63, 3.8) is 0 Å². The molecule has 1 N–H and O–H groups in total. The van der Waals surface area contributed by atoms with Gasteiger partial charge in [0.05, 0.1) is 12.5 Å². The number of nitriles is 1. The summed E-state index contributed by atoms with van der Waals surface area (Å²) in [4.78, 5) is 10.7. The van der Waals surface area contributed by atoms with Crippen LogP contribution < -0.4 is 5.32 Å². The summed E-state index contributed by atoms with van der Waals surface area (Å²) in [6.07, 6.45) is -24.0. The van der Waals surface area contributed by atoms with Crippen molar-refractivity contribution in [2.45, 2.75) is 30.5 Å². The molecule has 0 fully saturated rings. The largest absolute Gasteiger partial charge is 0.448 e. The molecule has 0 saturated carbocycles. The summed E-state index contributed by atoms with van der Waals surface area (Å²) in [5.41, 5.74) is -6.48. The topological polar surface area (TPSA) is 62.1 Å². The zero-order valence-corrected chi connectivity index (χ0v) is 9.58. The van der Waals surface area contributed by atoms with Crippen LogP contribution in [0.4, 0.5) is 44.3 Å². The van der Waals surface area contributed by atoms with E-state index in [1.165, 1.54) is 6.07 Å². The molecule has 0 atom stereocenters. The van der Waals surface area contributed by atoms with Gasteiger partial charge in [-0.2, -0.15) is 44.8 Å². The SMILES string of the molecule is N#CCCOC(=O)NC(C(F)(F)F)(C(F)(F)F)C(F)(F)F. The molecule has 0 rings (SSSR count). The van der Waals surface area contributed by atoms with Gasteiger partial charge in [0.1, 0.15) is 6.61 Å². The van der Waals surface area contributed by atoms with Crippen molar-refractivity contribution in [3.8, 4) is 6.07 Å². The first-order valence-electron chi connectivity index (χ1n) is 4.72. The van der Waals surface area contributed by atoms with E-state index in [9.17, 15) is 44.3 Å². The number of nitrogens with zero attached hydrogens (tertiary/aromatic N) is 1. The van der Waals surface area contributed by atoms with Crippen molar-refractivity contribution in [2.24, 2.45) is 0 Å². The molecule has 0 unspecified atom stereocenters. The minimum atomic E-state index is -6.92. The summed E-state index contributed by atoms with van der Waals surface area (Å²) in [6, 6.07) is 1.30. The molecule has 4 nitrogen and oxygen atoms in total. The Kier molecular flexibility index (Phi) is 5.34. The highest BCUT2D eigenvalue weighted by Gasteiger charge is 2.85. The third-order valence-electron chi connectivity index (χ3n) is 2.01. The second-order valence-electron chi connectivity index (χ2n) is 3.41. The molecule has 13 heteroatoms. The van der Waals surface area contributed by atoms with Crippen LogP contribution in [0.1, 0.15) is 6.42 Å². The van der Waals surface area contributed by atoms with Crippen LogP contribution in [-0.4, -0.2) is 36.8 Å². The number of hydrogen-bond acceptors (Lipinski definition) is 3. The maximum atomic E-state index is 12.4. The number of carbonyl (C=O) groups is 1. The van der Waals surface area contributed by atoms with E-state index in [1.807, 2.05) is 0 Å². The van der Waals surface area contributed by atoms with Crippen molar-refractivity contribution in [1.29, 1.82) is 5.26 Å². The second kappa shape index (κ2) is 5.86. The van der Waals surface area contributed by atoms with Crippen LogP contribution >= 0.6 is 0 Å². The van der Waals surface area contributed by atoms with Gasteiger partial charge in [0.2, 0.25) is 0 Å². The van der Waals surface area contributed by atoms with E-state index in [-0.39, 0.29) is 5.32 Å². The standard InChI is InChI=1S/C8H5F9N2O2/c9-6(10,11)5(7(12,13)14,8(15,16)17)19-4(20)21-3-1-2-18/h1,3H2,(H,19,20). The summed E-state index contributed by atoms with van der Waals surface area (Å²) in [6.45, 7) is -0.980. The zero-order valence-electron chi connectivity index (χ0n) is 9.58. The minimum absolute atomic E-state index is 0.236. The van der Waals surface area contributed by atoms with Gasteiger partial charge in [-0.15, -0.1) is 0 Å². The van der Waals surface area contributed by atoms with E-state index in [4.69, 9.17) is 5.26 Å². The molecule has 1 amide bonds. The molecular weight excluding hydrogens is 327 g/mol. The van der Waals surface area contributed by atoms with E-state index in [1.54, 1.807) is 0 Å². The third-order valence-corrected chi connectivity index (χ3v) is 2.01. The molecule has 0 saturated heterocycles. The smallest absolute Gasteiger partial charge is 0.429 e. The van der Waals surface area contributed by atoms with Crippen LogP contribution in [0.5, 0.6) is 0 Å². The molecule has 0 spiro atoms. The van der Waals surface area contributed by atoms with E-state index in [0.29, 0.717) is 0 Å². The summed E-state index contributed by atoms with van der Waals surface area (Å²) in [5.74, 6) is 0. The van der Waals surface area contributed by atoms with Gasteiger partial charge in [-0.1, -0.05) is 0 Å². The van der Waals surface area contributed by atoms with E-state index >= 15 is 0 Å². The van der Waals surface area contributed by atoms with Gasteiger partial charge in [0, 0.05) is 0 Å². The van der Waals surface area contributed by atoms with Gasteiger partial charge in [-0.05, 0) is 0 Å². The predicted molar refractivity (Wildman–Crippen MR) is 45.6 cm³/mol. The lowest BCUT2D eigenvalue weighted by Crippen LogP contribution is -2.75. The monoisotopic (exact) mass is 332 g/mol. The molecule has 0 aromatic heterocycles. The molecule has 0 bridgehead atoms. The number of halogens is 9. The Bertz CT molecular complexity index is 381. The van der Waals surface area contributed by atoms with Crippen LogP contribution in [0, 0.1) is 11.3 Å². The zero-order chi connectivity index (χ0) is 17.1. The first-order chi connectivity index (χ1) is 9.20. The highest BCUT2D eigenvalue weighted by molar-refractivity contribution is 5.69. The van der Waals surface area contributed by atoms with Crippen molar-refractivity contribution in [3.05, 3.63) is 0 Å². The van der Waals surface area contributed by atoms with Crippen LogP contribution in [0.2, 0.25) is 0 Å². The van der Waals surface area contributed by atoms with Gasteiger partial charge >= 0.3 is 30.2 Å². The predicted octanol–water partition coefficient (Wildman–Crippen LogP) is 3.05. The number of hydrogen-bond donors (Lipinski definition) is 1.